The average molecular weight is 297 g/mol. The quantitative estimate of drug-likeness (QED) is 0.829. The zero-order valence-electron chi connectivity index (χ0n) is 11.4. The Morgan fingerprint density at radius 1 is 1.20 bits per heavy atom. The minimum absolute atomic E-state index is 0.183. The number of piperazine rings is 1. The van der Waals surface area contributed by atoms with Crippen LogP contribution in [0.4, 0.5) is 10.1 Å². The molecule has 1 fully saturated rings. The Balaban J connectivity index is 1.80. The predicted molar refractivity (Wildman–Crippen MR) is 81.6 cm³/mol. The lowest BCUT2D eigenvalue weighted by molar-refractivity contribution is -0.128. The van der Waals surface area contributed by atoms with Crippen LogP contribution in [0.5, 0.6) is 0 Å². The van der Waals surface area contributed by atoms with Crippen LogP contribution >= 0.6 is 11.8 Å². The van der Waals surface area contributed by atoms with Gasteiger partial charge >= 0.3 is 0 Å². The Morgan fingerprint density at radius 3 is 2.45 bits per heavy atom. The van der Waals surface area contributed by atoms with Crippen LogP contribution in [-0.4, -0.2) is 55.0 Å². The maximum absolute atomic E-state index is 12.9. The van der Waals surface area contributed by atoms with Crippen LogP contribution in [0.2, 0.25) is 0 Å². The monoisotopic (exact) mass is 297 g/mol. The van der Waals surface area contributed by atoms with Gasteiger partial charge in [-0.05, 0) is 24.3 Å². The normalized spacial score (nSPS) is 15.5. The van der Waals surface area contributed by atoms with Gasteiger partial charge in [-0.1, -0.05) is 0 Å². The molecule has 0 bridgehead atoms. The van der Waals surface area contributed by atoms with Gasteiger partial charge in [-0.2, -0.15) is 11.8 Å². The van der Waals surface area contributed by atoms with Gasteiger partial charge in [0.05, 0.1) is 5.75 Å². The summed E-state index contributed by atoms with van der Waals surface area (Å²) in [6, 6.07) is 6.50. The second kappa shape index (κ2) is 7.50. The van der Waals surface area contributed by atoms with E-state index in [9.17, 15) is 9.18 Å². The van der Waals surface area contributed by atoms with E-state index in [1.807, 2.05) is 4.90 Å². The summed E-state index contributed by atoms with van der Waals surface area (Å²) in [5.41, 5.74) is 6.42. The van der Waals surface area contributed by atoms with E-state index in [1.54, 1.807) is 23.9 Å². The molecule has 1 aliphatic heterocycles. The van der Waals surface area contributed by atoms with Gasteiger partial charge in [0.1, 0.15) is 5.82 Å². The number of nitrogens with zero attached hydrogens (tertiary/aromatic N) is 2. The first-order chi connectivity index (χ1) is 9.70. The molecule has 1 amide bonds. The van der Waals surface area contributed by atoms with E-state index >= 15 is 0 Å². The van der Waals surface area contributed by atoms with Crippen molar-refractivity contribution in [2.24, 2.45) is 5.73 Å². The van der Waals surface area contributed by atoms with Crippen molar-refractivity contribution in [3.63, 3.8) is 0 Å². The standard InChI is InChI=1S/C14H20FN3OS/c15-12-1-3-13(4-2-12)17-6-8-18(9-7-17)14(19)11-20-10-5-16/h1-4H,5-11,16H2. The van der Waals surface area contributed by atoms with Crippen LogP contribution in [-0.2, 0) is 4.79 Å². The van der Waals surface area contributed by atoms with E-state index in [1.165, 1.54) is 12.1 Å². The molecule has 2 N–H and O–H groups in total. The zero-order chi connectivity index (χ0) is 14.4. The first-order valence-electron chi connectivity index (χ1n) is 6.77. The maximum Gasteiger partial charge on any atom is 0.232 e. The van der Waals surface area contributed by atoms with Crippen LogP contribution < -0.4 is 10.6 Å². The van der Waals surface area contributed by atoms with Crippen LogP contribution in [0, 0.1) is 5.82 Å². The number of hydrogen-bond acceptors (Lipinski definition) is 4. The van der Waals surface area contributed by atoms with Crippen molar-refractivity contribution in [3.05, 3.63) is 30.1 Å². The summed E-state index contributed by atoms with van der Waals surface area (Å²) in [6.45, 7) is 3.63. The largest absolute Gasteiger partial charge is 0.368 e. The molecule has 6 heteroatoms. The number of anilines is 1. The first kappa shape index (κ1) is 15.1. The third-order valence-electron chi connectivity index (χ3n) is 3.31. The Kier molecular flexibility index (Phi) is 5.67. The Morgan fingerprint density at radius 2 is 1.85 bits per heavy atom. The molecule has 1 saturated heterocycles. The summed E-state index contributed by atoms with van der Waals surface area (Å²) in [5, 5.41) is 0. The van der Waals surface area contributed by atoms with E-state index in [-0.39, 0.29) is 11.7 Å². The second-order valence-corrected chi connectivity index (χ2v) is 5.79. The van der Waals surface area contributed by atoms with Crippen LogP contribution in [0.3, 0.4) is 0 Å². The number of hydrogen-bond donors (Lipinski definition) is 1. The van der Waals surface area contributed by atoms with E-state index in [4.69, 9.17) is 5.73 Å². The van der Waals surface area contributed by atoms with Crippen molar-refractivity contribution in [1.29, 1.82) is 0 Å². The maximum atomic E-state index is 12.9. The lowest BCUT2D eigenvalue weighted by atomic mass is 10.2. The van der Waals surface area contributed by atoms with Gasteiger partial charge in [-0.25, -0.2) is 4.39 Å². The summed E-state index contributed by atoms with van der Waals surface area (Å²) in [6.07, 6.45) is 0. The number of benzene rings is 1. The highest BCUT2D eigenvalue weighted by molar-refractivity contribution is 7.99. The molecule has 1 aromatic rings. The fourth-order valence-corrected chi connectivity index (χ4v) is 2.87. The fourth-order valence-electron chi connectivity index (χ4n) is 2.20. The zero-order valence-corrected chi connectivity index (χ0v) is 12.2. The lowest BCUT2D eigenvalue weighted by Crippen LogP contribution is -2.49. The smallest absolute Gasteiger partial charge is 0.232 e. The van der Waals surface area contributed by atoms with Crippen molar-refractivity contribution in [2.75, 3.05) is 49.1 Å². The van der Waals surface area contributed by atoms with Crippen LogP contribution in [0.25, 0.3) is 0 Å². The Labute approximate surface area is 123 Å². The van der Waals surface area contributed by atoms with E-state index in [0.717, 1.165) is 37.6 Å². The van der Waals surface area contributed by atoms with E-state index in [2.05, 4.69) is 4.90 Å². The van der Waals surface area contributed by atoms with Gasteiger partial charge < -0.3 is 15.5 Å². The highest BCUT2D eigenvalue weighted by atomic mass is 32.2. The van der Waals surface area contributed by atoms with Crippen molar-refractivity contribution < 1.29 is 9.18 Å². The molecule has 0 unspecified atom stereocenters. The summed E-state index contributed by atoms with van der Waals surface area (Å²) < 4.78 is 12.9. The molecule has 1 aliphatic rings. The number of rotatable bonds is 5. The van der Waals surface area contributed by atoms with Gasteiger partial charge in [-0.15, -0.1) is 0 Å². The molecule has 110 valence electrons. The molecule has 0 spiro atoms. The van der Waals surface area contributed by atoms with E-state index < -0.39 is 0 Å². The number of halogens is 1. The summed E-state index contributed by atoms with van der Waals surface area (Å²) in [5.74, 6) is 1.29. The average Bonchev–Trinajstić information content (AvgIpc) is 2.48. The van der Waals surface area contributed by atoms with Crippen LogP contribution in [0.1, 0.15) is 0 Å². The highest BCUT2D eigenvalue weighted by Gasteiger charge is 2.20. The number of thioether (sulfide) groups is 1. The Hall–Kier alpha value is -1.27. The first-order valence-corrected chi connectivity index (χ1v) is 7.92. The van der Waals surface area contributed by atoms with Crippen LogP contribution in [0.15, 0.2) is 24.3 Å². The molecule has 4 nitrogen and oxygen atoms in total. The summed E-state index contributed by atoms with van der Waals surface area (Å²) in [7, 11) is 0. The third-order valence-corrected chi connectivity index (χ3v) is 4.29. The number of carbonyl (C=O) groups is 1. The minimum atomic E-state index is -0.223. The summed E-state index contributed by atoms with van der Waals surface area (Å²) in [4.78, 5) is 16.0. The van der Waals surface area contributed by atoms with Crippen molar-refractivity contribution >= 4 is 23.4 Å². The SMILES string of the molecule is NCCSCC(=O)N1CCN(c2ccc(F)cc2)CC1. The number of amides is 1. The molecule has 2 rings (SSSR count). The fraction of sp³-hybridized carbons (Fsp3) is 0.500. The molecule has 1 heterocycles. The summed E-state index contributed by atoms with van der Waals surface area (Å²) >= 11 is 1.58. The molecule has 0 saturated carbocycles. The third kappa shape index (κ3) is 4.11. The highest BCUT2D eigenvalue weighted by Crippen LogP contribution is 2.17. The molecular formula is C14H20FN3OS. The molecule has 1 aromatic carbocycles. The number of nitrogens with two attached hydrogens (primary N) is 1. The van der Waals surface area contributed by atoms with Gasteiger partial charge in [0, 0.05) is 44.2 Å². The lowest BCUT2D eigenvalue weighted by Gasteiger charge is -2.36. The van der Waals surface area contributed by atoms with Gasteiger partial charge in [0.15, 0.2) is 0 Å². The van der Waals surface area contributed by atoms with E-state index in [0.29, 0.717) is 12.3 Å². The van der Waals surface area contributed by atoms with Gasteiger partial charge in [-0.3, -0.25) is 4.79 Å². The van der Waals surface area contributed by atoms with Gasteiger partial charge in [0.25, 0.3) is 0 Å². The number of carbonyl (C=O) groups excluding carboxylic acids is 1. The van der Waals surface area contributed by atoms with Crippen molar-refractivity contribution in [3.8, 4) is 0 Å². The second-order valence-electron chi connectivity index (χ2n) is 4.69. The Bertz CT molecular complexity index is 433. The van der Waals surface area contributed by atoms with Gasteiger partial charge in [0.2, 0.25) is 5.91 Å². The molecule has 20 heavy (non-hydrogen) atoms. The predicted octanol–water partition coefficient (Wildman–Crippen LogP) is 1.17. The molecular weight excluding hydrogens is 277 g/mol. The van der Waals surface area contributed by atoms with Crippen molar-refractivity contribution in [1.82, 2.24) is 4.90 Å². The minimum Gasteiger partial charge on any atom is -0.368 e. The molecule has 0 atom stereocenters. The molecule has 0 radical (unpaired) electrons. The topological polar surface area (TPSA) is 49.6 Å². The molecule has 0 aliphatic carbocycles. The van der Waals surface area contributed by atoms with Crippen molar-refractivity contribution in [2.45, 2.75) is 0 Å². The molecule has 0 aromatic heterocycles.